The first-order valence-electron chi connectivity index (χ1n) is 4.43. The lowest BCUT2D eigenvalue weighted by molar-refractivity contribution is 0.0294. The number of nitrogens with zero attached hydrogens (tertiary/aromatic N) is 4. The Morgan fingerprint density at radius 2 is 2.07 bits per heavy atom. The van der Waals surface area contributed by atoms with Crippen molar-refractivity contribution < 1.29 is 10.4 Å². The van der Waals surface area contributed by atoms with Gasteiger partial charge in [-0.2, -0.15) is 0 Å². The van der Waals surface area contributed by atoms with Gasteiger partial charge in [0.1, 0.15) is 5.69 Å². The molecule has 0 aliphatic heterocycles. The van der Waals surface area contributed by atoms with E-state index in [1.165, 1.54) is 0 Å². The van der Waals surface area contributed by atoms with E-state index in [4.69, 9.17) is 15.9 Å². The second-order valence-corrected chi connectivity index (χ2v) is 3.38. The minimum atomic E-state index is -0.0457. The van der Waals surface area contributed by atoms with Crippen molar-refractivity contribution in [3.8, 4) is 0 Å². The normalized spacial score (nSPS) is 9.93. The van der Waals surface area contributed by atoms with Crippen LogP contribution in [0.25, 0.3) is 10.4 Å². The predicted octanol–water partition coefficient (Wildman–Crippen LogP) is 3.34. The molecule has 0 unspecified atom stereocenters. The fraction of sp³-hybridized carbons (Fsp3) is 0.333. The zero-order valence-corrected chi connectivity index (χ0v) is 8.49. The van der Waals surface area contributed by atoms with Crippen LogP contribution in [0.3, 0.4) is 0 Å². The van der Waals surface area contributed by atoms with Gasteiger partial charge in [0.15, 0.2) is 0 Å². The number of hydrogen-bond donors (Lipinski definition) is 2. The van der Waals surface area contributed by atoms with Gasteiger partial charge in [-0.15, -0.1) is 5.23 Å². The lowest BCUT2D eigenvalue weighted by Crippen LogP contribution is -2.11. The van der Waals surface area contributed by atoms with Gasteiger partial charge in [-0.25, -0.2) is 0 Å². The Kier molecular flexibility index (Phi) is 3.51. The fourth-order valence-corrected chi connectivity index (χ4v) is 1.19. The van der Waals surface area contributed by atoms with E-state index in [9.17, 15) is 0 Å². The van der Waals surface area contributed by atoms with Crippen LogP contribution in [0.2, 0.25) is 0 Å². The Morgan fingerprint density at radius 3 is 2.53 bits per heavy atom. The zero-order valence-electron chi connectivity index (χ0n) is 8.49. The molecule has 0 atom stereocenters. The van der Waals surface area contributed by atoms with E-state index in [1.807, 2.05) is 13.8 Å². The first-order valence-corrected chi connectivity index (χ1v) is 4.43. The molecule has 0 fully saturated rings. The summed E-state index contributed by atoms with van der Waals surface area (Å²) in [6.07, 6.45) is 0. The van der Waals surface area contributed by atoms with Gasteiger partial charge in [-0.3, -0.25) is 10.4 Å². The third-order valence-corrected chi connectivity index (χ3v) is 2.03. The molecule has 6 nitrogen and oxygen atoms in total. The summed E-state index contributed by atoms with van der Waals surface area (Å²) >= 11 is 0. The monoisotopic (exact) mass is 208 g/mol. The molecule has 0 amide bonds. The maximum absolute atomic E-state index is 8.94. The summed E-state index contributed by atoms with van der Waals surface area (Å²) in [4.78, 5) is 2.60. The van der Waals surface area contributed by atoms with Crippen molar-refractivity contribution in [2.24, 2.45) is 5.11 Å². The van der Waals surface area contributed by atoms with Gasteiger partial charge in [0, 0.05) is 4.91 Å². The summed E-state index contributed by atoms with van der Waals surface area (Å²) in [7, 11) is 0. The summed E-state index contributed by atoms with van der Waals surface area (Å²) in [6.45, 7) is 3.96. The molecular weight excluding hydrogens is 196 g/mol. The Morgan fingerprint density at radius 1 is 1.40 bits per heavy atom. The zero-order chi connectivity index (χ0) is 11.4. The van der Waals surface area contributed by atoms with Gasteiger partial charge in [0.05, 0.1) is 5.69 Å². The maximum Gasteiger partial charge on any atom is 0.104 e. The molecular formula is C9H12N4O2. The highest BCUT2D eigenvalue weighted by Gasteiger charge is 2.09. The molecule has 0 saturated heterocycles. The first-order chi connectivity index (χ1) is 7.06. The molecule has 1 aromatic carbocycles. The van der Waals surface area contributed by atoms with Crippen molar-refractivity contribution in [3.05, 3.63) is 34.2 Å². The van der Waals surface area contributed by atoms with Crippen molar-refractivity contribution in [1.82, 2.24) is 0 Å². The van der Waals surface area contributed by atoms with E-state index >= 15 is 0 Å². The second kappa shape index (κ2) is 4.65. The number of benzene rings is 1. The molecule has 6 heteroatoms. The van der Waals surface area contributed by atoms with E-state index < -0.39 is 0 Å². The quantitative estimate of drug-likeness (QED) is 0.345. The van der Waals surface area contributed by atoms with Gasteiger partial charge >= 0.3 is 0 Å². The largest absolute Gasteiger partial charge is 0.264 e. The SMILES string of the molecule is CC(C)c1ccc(N=[N+]=[N-])c(N(O)O)c1. The highest BCUT2D eigenvalue weighted by molar-refractivity contribution is 5.65. The first kappa shape index (κ1) is 11.3. The van der Waals surface area contributed by atoms with E-state index in [0.717, 1.165) is 5.56 Å². The molecule has 0 spiro atoms. The second-order valence-electron chi connectivity index (χ2n) is 3.38. The lowest BCUT2D eigenvalue weighted by atomic mass is 10.0. The third-order valence-electron chi connectivity index (χ3n) is 2.03. The Bertz CT molecular complexity index is 397. The molecule has 0 aromatic heterocycles. The maximum atomic E-state index is 8.94. The highest BCUT2D eigenvalue weighted by atomic mass is 16.8. The Hall–Kier alpha value is -1.75. The Balaban J connectivity index is 3.26. The lowest BCUT2D eigenvalue weighted by Gasteiger charge is -2.13. The van der Waals surface area contributed by atoms with Crippen LogP contribution in [-0.2, 0) is 0 Å². The summed E-state index contributed by atoms with van der Waals surface area (Å²) in [5.74, 6) is 0.254. The van der Waals surface area contributed by atoms with Crippen molar-refractivity contribution >= 4 is 11.4 Å². The third kappa shape index (κ3) is 2.60. The minimum absolute atomic E-state index is 0.0457. The van der Waals surface area contributed by atoms with Crippen molar-refractivity contribution in [2.75, 3.05) is 5.23 Å². The van der Waals surface area contributed by atoms with E-state index in [2.05, 4.69) is 10.0 Å². The van der Waals surface area contributed by atoms with E-state index in [-0.39, 0.29) is 22.5 Å². The van der Waals surface area contributed by atoms with Crippen molar-refractivity contribution in [2.45, 2.75) is 19.8 Å². The molecule has 0 aliphatic rings. The number of anilines is 1. The van der Waals surface area contributed by atoms with Gasteiger partial charge in [0.2, 0.25) is 0 Å². The average molecular weight is 208 g/mol. The van der Waals surface area contributed by atoms with Crippen molar-refractivity contribution in [1.29, 1.82) is 0 Å². The molecule has 2 N–H and O–H groups in total. The molecule has 1 aromatic rings. The predicted molar refractivity (Wildman–Crippen MR) is 55.4 cm³/mol. The molecule has 0 aliphatic carbocycles. The Labute approximate surface area is 86.9 Å². The highest BCUT2D eigenvalue weighted by Crippen LogP contribution is 2.30. The van der Waals surface area contributed by atoms with Gasteiger partial charge in [-0.05, 0) is 23.1 Å². The van der Waals surface area contributed by atoms with Crippen LogP contribution in [0, 0.1) is 0 Å². The van der Waals surface area contributed by atoms with Crippen molar-refractivity contribution in [3.63, 3.8) is 0 Å². The smallest absolute Gasteiger partial charge is 0.104 e. The van der Waals surface area contributed by atoms with Crippen LogP contribution in [-0.4, -0.2) is 10.4 Å². The van der Waals surface area contributed by atoms with Gasteiger partial charge < -0.3 is 0 Å². The standard InChI is InChI=1S/C9H12N4O2/c1-6(2)7-3-4-8(11-12-10)9(5-7)13(14)15/h3-6,14-15H,1-2H3. The van der Waals surface area contributed by atoms with Crippen LogP contribution >= 0.6 is 0 Å². The molecule has 0 bridgehead atoms. The van der Waals surface area contributed by atoms with Crippen LogP contribution in [0.1, 0.15) is 25.3 Å². The molecule has 1 rings (SSSR count). The summed E-state index contributed by atoms with van der Waals surface area (Å²) in [5.41, 5.74) is 9.45. The number of azide groups is 1. The van der Waals surface area contributed by atoms with Crippen LogP contribution < -0.4 is 5.23 Å². The van der Waals surface area contributed by atoms with Crippen LogP contribution in [0.4, 0.5) is 11.4 Å². The van der Waals surface area contributed by atoms with Gasteiger partial charge in [0.25, 0.3) is 0 Å². The topological polar surface area (TPSA) is 92.5 Å². The van der Waals surface area contributed by atoms with E-state index in [0.29, 0.717) is 0 Å². The summed E-state index contributed by atoms with van der Waals surface area (Å²) in [6, 6.07) is 4.89. The minimum Gasteiger partial charge on any atom is -0.264 e. The molecule has 0 saturated carbocycles. The van der Waals surface area contributed by atoms with Gasteiger partial charge in [-0.1, -0.05) is 31.1 Å². The van der Waals surface area contributed by atoms with Crippen LogP contribution in [0.15, 0.2) is 23.3 Å². The average Bonchev–Trinajstić information content (AvgIpc) is 2.18. The van der Waals surface area contributed by atoms with Crippen LogP contribution in [0.5, 0.6) is 0 Å². The molecule has 0 radical (unpaired) electrons. The summed E-state index contributed by atoms with van der Waals surface area (Å²) in [5, 5.41) is 21.2. The molecule has 15 heavy (non-hydrogen) atoms. The number of rotatable bonds is 3. The summed E-state index contributed by atoms with van der Waals surface area (Å²) < 4.78 is 0. The fourth-order valence-electron chi connectivity index (χ4n) is 1.19. The number of hydrogen-bond acceptors (Lipinski definition) is 4. The van der Waals surface area contributed by atoms with E-state index in [1.54, 1.807) is 18.2 Å². The molecule has 80 valence electrons. The molecule has 0 heterocycles.